The number of rotatable bonds is 4. The third-order valence-corrected chi connectivity index (χ3v) is 3.13. The highest BCUT2D eigenvalue weighted by atomic mass is 32.2. The maximum atomic E-state index is 11.2. The van der Waals surface area contributed by atoms with Crippen LogP contribution >= 0.6 is 0 Å². The third-order valence-electron chi connectivity index (χ3n) is 2.59. The van der Waals surface area contributed by atoms with Crippen molar-refractivity contribution < 1.29 is 8.42 Å². The van der Waals surface area contributed by atoms with E-state index in [2.05, 4.69) is 4.72 Å². The van der Waals surface area contributed by atoms with E-state index in [0.29, 0.717) is 0 Å². The van der Waals surface area contributed by atoms with Crippen LogP contribution in [-0.4, -0.2) is 14.7 Å². The Labute approximate surface area is 113 Å². The van der Waals surface area contributed by atoms with Gasteiger partial charge < -0.3 is 0 Å². The van der Waals surface area contributed by atoms with E-state index in [0.717, 1.165) is 23.0 Å². The van der Waals surface area contributed by atoms with Gasteiger partial charge >= 0.3 is 0 Å². The van der Waals surface area contributed by atoms with Gasteiger partial charge in [0.25, 0.3) is 0 Å². The number of benzene rings is 2. The summed E-state index contributed by atoms with van der Waals surface area (Å²) in [5.41, 5.74) is 2.77. The molecule has 4 heteroatoms. The van der Waals surface area contributed by atoms with Crippen LogP contribution in [-0.2, 0) is 10.0 Å². The molecule has 0 fully saturated rings. The Kier molecular flexibility index (Phi) is 4.02. The van der Waals surface area contributed by atoms with Crippen molar-refractivity contribution in [3.05, 3.63) is 78.0 Å². The predicted molar refractivity (Wildman–Crippen MR) is 77.9 cm³/mol. The minimum Gasteiger partial charge on any atom is -0.290 e. The lowest BCUT2D eigenvalue weighted by atomic mass is 9.99. The number of nitrogens with one attached hydrogen (secondary N) is 1. The second kappa shape index (κ2) is 5.71. The Morgan fingerprint density at radius 3 is 1.68 bits per heavy atom. The molecule has 0 saturated heterocycles. The fourth-order valence-electron chi connectivity index (χ4n) is 1.73. The molecular weight excluding hydrogens is 258 g/mol. The van der Waals surface area contributed by atoms with Gasteiger partial charge in [-0.3, -0.25) is 4.72 Å². The second-order valence-electron chi connectivity index (χ2n) is 4.18. The van der Waals surface area contributed by atoms with Gasteiger partial charge in [0, 0.05) is 11.8 Å². The monoisotopic (exact) mass is 273 g/mol. The molecule has 0 radical (unpaired) electrons. The predicted octanol–water partition coefficient (Wildman–Crippen LogP) is 2.63. The van der Waals surface area contributed by atoms with Gasteiger partial charge in [-0.2, -0.15) is 0 Å². The molecule has 2 rings (SSSR count). The quantitative estimate of drug-likeness (QED) is 0.930. The Morgan fingerprint density at radius 1 is 0.895 bits per heavy atom. The van der Waals surface area contributed by atoms with Crippen molar-refractivity contribution in [3.63, 3.8) is 0 Å². The van der Waals surface area contributed by atoms with E-state index >= 15 is 0 Å². The third kappa shape index (κ3) is 3.96. The molecule has 0 unspecified atom stereocenters. The van der Waals surface area contributed by atoms with Crippen LogP contribution in [0.25, 0.3) is 5.57 Å². The summed E-state index contributed by atoms with van der Waals surface area (Å²) in [7, 11) is -3.26. The fourth-order valence-corrected chi connectivity index (χ4v) is 2.07. The fraction of sp³-hybridized carbons (Fsp3) is 0.0667. The zero-order valence-corrected chi connectivity index (χ0v) is 11.4. The van der Waals surface area contributed by atoms with E-state index in [4.69, 9.17) is 0 Å². The van der Waals surface area contributed by atoms with Gasteiger partial charge in [-0.15, -0.1) is 0 Å². The molecule has 0 bridgehead atoms. The zero-order chi connectivity index (χ0) is 13.7. The van der Waals surface area contributed by atoms with Crippen LogP contribution in [0, 0.1) is 0 Å². The molecule has 0 spiro atoms. The van der Waals surface area contributed by atoms with Crippen LogP contribution in [0.2, 0.25) is 0 Å². The molecule has 0 saturated carbocycles. The molecule has 2 aromatic rings. The van der Waals surface area contributed by atoms with Crippen molar-refractivity contribution in [2.45, 2.75) is 0 Å². The summed E-state index contributed by atoms with van der Waals surface area (Å²) in [4.78, 5) is 0. The molecule has 0 aromatic heterocycles. The van der Waals surface area contributed by atoms with E-state index in [1.165, 1.54) is 6.20 Å². The van der Waals surface area contributed by atoms with Crippen molar-refractivity contribution in [1.82, 2.24) is 4.72 Å². The van der Waals surface area contributed by atoms with E-state index in [1.807, 2.05) is 60.7 Å². The Morgan fingerprint density at radius 2 is 1.32 bits per heavy atom. The number of sulfonamides is 1. The highest BCUT2D eigenvalue weighted by Crippen LogP contribution is 2.22. The second-order valence-corrected chi connectivity index (χ2v) is 5.96. The average Bonchev–Trinajstić information content (AvgIpc) is 2.40. The molecule has 0 amide bonds. The van der Waals surface area contributed by atoms with E-state index in [9.17, 15) is 8.42 Å². The summed E-state index contributed by atoms with van der Waals surface area (Å²) in [5.74, 6) is 0. The van der Waals surface area contributed by atoms with Gasteiger partial charge in [-0.1, -0.05) is 60.7 Å². The first-order valence-corrected chi connectivity index (χ1v) is 7.74. The van der Waals surface area contributed by atoms with E-state index in [1.54, 1.807) is 0 Å². The summed E-state index contributed by atoms with van der Waals surface area (Å²) in [6.45, 7) is 0. The van der Waals surface area contributed by atoms with Gasteiger partial charge in [0.2, 0.25) is 10.0 Å². The van der Waals surface area contributed by atoms with E-state index in [-0.39, 0.29) is 0 Å². The molecule has 0 heterocycles. The molecule has 2 aromatic carbocycles. The molecule has 98 valence electrons. The maximum Gasteiger partial charge on any atom is 0.229 e. The molecule has 19 heavy (non-hydrogen) atoms. The molecule has 0 atom stereocenters. The van der Waals surface area contributed by atoms with Gasteiger partial charge in [0.1, 0.15) is 0 Å². The van der Waals surface area contributed by atoms with Crippen LogP contribution in [0.5, 0.6) is 0 Å². The first kappa shape index (κ1) is 13.4. The summed E-state index contributed by atoms with van der Waals surface area (Å²) in [5, 5.41) is 0. The minimum absolute atomic E-state index is 0.839. The largest absolute Gasteiger partial charge is 0.290 e. The Bertz CT molecular complexity index is 620. The van der Waals surface area contributed by atoms with Crippen molar-refractivity contribution in [2.24, 2.45) is 0 Å². The summed E-state index contributed by atoms with van der Waals surface area (Å²) >= 11 is 0. The van der Waals surface area contributed by atoms with Crippen LogP contribution < -0.4 is 4.72 Å². The van der Waals surface area contributed by atoms with Crippen LogP contribution in [0.4, 0.5) is 0 Å². The lowest BCUT2D eigenvalue weighted by molar-refractivity contribution is 0.596. The number of hydrogen-bond donors (Lipinski definition) is 1. The zero-order valence-electron chi connectivity index (χ0n) is 10.6. The SMILES string of the molecule is CS(=O)(=O)NC=C(c1ccccc1)c1ccccc1. The topological polar surface area (TPSA) is 46.2 Å². The minimum atomic E-state index is -3.26. The van der Waals surface area contributed by atoms with Gasteiger partial charge in [0.15, 0.2) is 0 Å². The molecule has 0 aliphatic heterocycles. The van der Waals surface area contributed by atoms with Crippen LogP contribution in [0.15, 0.2) is 66.9 Å². The normalized spacial score (nSPS) is 10.8. The van der Waals surface area contributed by atoms with Crippen molar-refractivity contribution >= 4 is 15.6 Å². The van der Waals surface area contributed by atoms with Crippen molar-refractivity contribution in [3.8, 4) is 0 Å². The Balaban J connectivity index is 2.46. The maximum absolute atomic E-state index is 11.2. The highest BCUT2D eigenvalue weighted by Gasteiger charge is 2.05. The molecule has 0 aliphatic carbocycles. The summed E-state index contributed by atoms with van der Waals surface area (Å²) in [6.07, 6.45) is 2.66. The van der Waals surface area contributed by atoms with Crippen LogP contribution in [0.3, 0.4) is 0 Å². The van der Waals surface area contributed by atoms with E-state index < -0.39 is 10.0 Å². The molecule has 3 nitrogen and oxygen atoms in total. The Hall–Kier alpha value is -2.07. The lowest BCUT2D eigenvalue weighted by Crippen LogP contribution is -2.15. The summed E-state index contributed by atoms with van der Waals surface area (Å²) in [6, 6.07) is 19.3. The highest BCUT2D eigenvalue weighted by molar-refractivity contribution is 7.88. The smallest absolute Gasteiger partial charge is 0.229 e. The average molecular weight is 273 g/mol. The van der Waals surface area contributed by atoms with Crippen LogP contribution in [0.1, 0.15) is 11.1 Å². The van der Waals surface area contributed by atoms with Gasteiger partial charge in [0.05, 0.1) is 6.26 Å². The summed E-state index contributed by atoms with van der Waals surface area (Å²) < 4.78 is 24.9. The number of hydrogen-bond acceptors (Lipinski definition) is 2. The van der Waals surface area contributed by atoms with Crippen molar-refractivity contribution in [2.75, 3.05) is 6.26 Å². The van der Waals surface area contributed by atoms with Gasteiger partial charge in [-0.25, -0.2) is 8.42 Å². The first-order chi connectivity index (χ1) is 9.06. The first-order valence-electron chi connectivity index (χ1n) is 5.84. The molecular formula is C15H15NO2S. The standard InChI is InChI=1S/C15H15NO2S/c1-19(17,18)16-12-15(13-8-4-2-5-9-13)14-10-6-3-7-11-14/h2-12,16H,1H3. The lowest BCUT2D eigenvalue weighted by Gasteiger charge is -2.09. The van der Waals surface area contributed by atoms with Gasteiger partial charge in [-0.05, 0) is 11.1 Å². The van der Waals surface area contributed by atoms with Crippen molar-refractivity contribution in [1.29, 1.82) is 0 Å². The molecule has 1 N–H and O–H groups in total. The molecule has 0 aliphatic rings.